The van der Waals surface area contributed by atoms with E-state index in [0.717, 1.165) is 5.56 Å². The highest BCUT2D eigenvalue weighted by molar-refractivity contribution is 6.54. The third-order valence-corrected chi connectivity index (χ3v) is 4.51. The predicted octanol–water partition coefficient (Wildman–Crippen LogP) is 5.79. The fourth-order valence-corrected chi connectivity index (χ4v) is 3.11. The number of hydrogen-bond acceptors (Lipinski definition) is 2. The number of aromatic amines is 1. The summed E-state index contributed by atoms with van der Waals surface area (Å²) in [6.45, 7) is 0. The molecule has 0 aliphatic carbocycles. The van der Waals surface area contributed by atoms with E-state index in [0.29, 0.717) is 32.7 Å². The number of carbonyl (C=O) groups is 1. The Morgan fingerprint density at radius 1 is 1.12 bits per heavy atom. The number of carbonyl (C=O) groups excluding carboxylic acids is 1. The van der Waals surface area contributed by atoms with E-state index < -0.39 is 10.7 Å². The average molecular weight is 415 g/mol. The molecular weight excluding hydrogens is 404 g/mol. The number of H-pyrrole nitrogens is 1. The van der Waals surface area contributed by atoms with Gasteiger partial charge in [-0.1, -0.05) is 58.5 Å². The van der Waals surface area contributed by atoms with Crippen molar-refractivity contribution in [1.82, 2.24) is 9.97 Å². The van der Waals surface area contributed by atoms with Crippen molar-refractivity contribution in [2.45, 2.75) is 4.84 Å². The Kier molecular flexibility index (Phi) is 5.54. The lowest BCUT2D eigenvalue weighted by atomic mass is 10.0. The number of rotatable bonds is 4. The van der Waals surface area contributed by atoms with Crippen LogP contribution < -0.4 is 5.32 Å². The van der Waals surface area contributed by atoms with Crippen molar-refractivity contribution in [2.75, 3.05) is 5.32 Å². The van der Waals surface area contributed by atoms with Crippen LogP contribution in [0.15, 0.2) is 48.8 Å². The van der Waals surface area contributed by atoms with Gasteiger partial charge in [-0.15, -0.1) is 0 Å². The van der Waals surface area contributed by atoms with Crippen LogP contribution >= 0.6 is 46.4 Å². The molecule has 4 nitrogen and oxygen atoms in total. The van der Waals surface area contributed by atoms with Crippen molar-refractivity contribution < 1.29 is 4.79 Å². The van der Waals surface area contributed by atoms with E-state index in [1.165, 1.54) is 0 Å². The minimum atomic E-state index is -1.20. The molecule has 0 aliphatic heterocycles. The number of nitrogens with zero attached hydrogens (tertiary/aromatic N) is 1. The zero-order valence-electron chi connectivity index (χ0n) is 12.6. The molecule has 0 spiro atoms. The molecule has 2 N–H and O–H groups in total. The van der Waals surface area contributed by atoms with E-state index in [-0.39, 0.29) is 0 Å². The van der Waals surface area contributed by atoms with Crippen molar-refractivity contribution in [1.29, 1.82) is 0 Å². The van der Waals surface area contributed by atoms with E-state index in [1.807, 2.05) is 6.07 Å². The standard InChI is InChI=1S/C17H11Cl4N3O/c18-11-2-1-3-12(19)14(11)9-4-5-10(16-22-6-7-23-16)13(8-9)24-17(25)15(20)21/h1-8,15H,(H,22,23)(H,24,25). The Hall–Kier alpha value is -1.72. The second kappa shape index (κ2) is 7.67. The number of anilines is 1. The van der Waals surface area contributed by atoms with Crippen LogP contribution in [0.2, 0.25) is 10.0 Å². The Balaban J connectivity index is 2.13. The largest absolute Gasteiger partial charge is 0.345 e. The van der Waals surface area contributed by atoms with Crippen molar-refractivity contribution in [3.63, 3.8) is 0 Å². The summed E-state index contributed by atoms with van der Waals surface area (Å²) in [6, 6.07) is 10.7. The van der Waals surface area contributed by atoms with Gasteiger partial charge in [-0.05, 0) is 29.8 Å². The molecule has 3 aromatic rings. The number of alkyl halides is 2. The monoisotopic (exact) mass is 413 g/mol. The molecule has 1 aromatic heterocycles. The van der Waals surface area contributed by atoms with Gasteiger partial charge in [-0.25, -0.2) is 4.98 Å². The zero-order valence-corrected chi connectivity index (χ0v) is 15.6. The van der Waals surface area contributed by atoms with Gasteiger partial charge in [0.05, 0.1) is 5.69 Å². The van der Waals surface area contributed by atoms with Gasteiger partial charge in [-0.2, -0.15) is 0 Å². The number of aromatic nitrogens is 2. The van der Waals surface area contributed by atoms with Gasteiger partial charge < -0.3 is 10.3 Å². The topological polar surface area (TPSA) is 57.8 Å². The molecule has 0 saturated carbocycles. The fourth-order valence-electron chi connectivity index (χ4n) is 2.38. The molecule has 1 amide bonds. The molecule has 8 heteroatoms. The van der Waals surface area contributed by atoms with Crippen molar-refractivity contribution in [3.05, 3.63) is 58.8 Å². The fraction of sp³-hybridized carbons (Fsp3) is 0.0588. The van der Waals surface area contributed by atoms with Gasteiger partial charge in [0.1, 0.15) is 5.82 Å². The van der Waals surface area contributed by atoms with Crippen molar-refractivity contribution in [3.8, 4) is 22.5 Å². The van der Waals surface area contributed by atoms with E-state index >= 15 is 0 Å². The second-order valence-corrected chi connectivity index (χ2v) is 7.00. The van der Waals surface area contributed by atoms with Gasteiger partial charge in [-0.3, -0.25) is 4.79 Å². The third-order valence-electron chi connectivity index (χ3n) is 3.48. The number of amides is 1. The molecule has 3 rings (SSSR count). The molecule has 0 radical (unpaired) electrons. The van der Waals surface area contributed by atoms with Gasteiger partial charge in [0.25, 0.3) is 5.91 Å². The highest BCUT2D eigenvalue weighted by atomic mass is 35.5. The molecule has 0 fully saturated rings. The van der Waals surface area contributed by atoms with Gasteiger partial charge in [0.2, 0.25) is 0 Å². The van der Waals surface area contributed by atoms with Crippen molar-refractivity contribution in [2.24, 2.45) is 0 Å². The lowest BCUT2D eigenvalue weighted by Crippen LogP contribution is -2.19. The summed E-state index contributed by atoms with van der Waals surface area (Å²) in [5.41, 5.74) is 2.57. The van der Waals surface area contributed by atoms with E-state index in [9.17, 15) is 4.79 Å². The summed E-state index contributed by atoms with van der Waals surface area (Å²) in [5, 5.41) is 3.70. The molecule has 25 heavy (non-hydrogen) atoms. The lowest BCUT2D eigenvalue weighted by molar-refractivity contribution is -0.114. The van der Waals surface area contributed by atoms with Crippen LogP contribution in [0.25, 0.3) is 22.5 Å². The third kappa shape index (κ3) is 3.93. The summed E-state index contributed by atoms with van der Waals surface area (Å²) < 4.78 is 0. The smallest absolute Gasteiger partial charge is 0.257 e. The second-order valence-electron chi connectivity index (χ2n) is 5.08. The first-order valence-electron chi connectivity index (χ1n) is 7.14. The number of benzene rings is 2. The Bertz CT molecular complexity index is 890. The van der Waals surface area contributed by atoms with Gasteiger partial charge in [0, 0.05) is 33.6 Å². The molecule has 0 aliphatic rings. The van der Waals surface area contributed by atoms with Gasteiger partial charge >= 0.3 is 0 Å². The van der Waals surface area contributed by atoms with Crippen LogP contribution in [0.3, 0.4) is 0 Å². The van der Waals surface area contributed by atoms with E-state index in [2.05, 4.69) is 15.3 Å². The SMILES string of the molecule is O=C(Nc1cc(-c2c(Cl)cccc2Cl)ccc1-c1ncc[nH]1)C(Cl)Cl. The van der Waals surface area contributed by atoms with Crippen LogP contribution in [0, 0.1) is 0 Å². The maximum absolute atomic E-state index is 12.0. The number of hydrogen-bond donors (Lipinski definition) is 2. The first kappa shape index (κ1) is 18.1. The summed E-state index contributed by atoms with van der Waals surface area (Å²) in [6.07, 6.45) is 3.30. The lowest BCUT2D eigenvalue weighted by Gasteiger charge is -2.14. The Morgan fingerprint density at radius 2 is 1.84 bits per heavy atom. The minimum absolute atomic E-state index is 0.486. The maximum Gasteiger partial charge on any atom is 0.257 e. The van der Waals surface area contributed by atoms with Crippen molar-refractivity contribution >= 4 is 58.0 Å². The molecule has 0 atom stereocenters. The zero-order chi connectivity index (χ0) is 18.0. The van der Waals surface area contributed by atoms with Crippen LogP contribution in [0.4, 0.5) is 5.69 Å². The average Bonchev–Trinajstić information content (AvgIpc) is 3.09. The quantitative estimate of drug-likeness (QED) is 0.530. The highest BCUT2D eigenvalue weighted by Crippen LogP contribution is 2.38. The molecule has 128 valence electrons. The van der Waals surface area contributed by atoms with Crippen LogP contribution in [0.5, 0.6) is 0 Å². The molecule has 1 heterocycles. The summed E-state index contributed by atoms with van der Waals surface area (Å²) in [4.78, 5) is 18.0. The van der Waals surface area contributed by atoms with E-state index in [4.69, 9.17) is 46.4 Å². The molecular formula is C17H11Cl4N3O. The molecule has 0 bridgehead atoms. The minimum Gasteiger partial charge on any atom is -0.345 e. The summed E-state index contributed by atoms with van der Waals surface area (Å²) in [5.74, 6) is 0.0475. The van der Waals surface area contributed by atoms with E-state index in [1.54, 1.807) is 42.7 Å². The normalized spacial score (nSPS) is 10.9. The number of halogens is 4. The molecule has 2 aromatic carbocycles. The summed E-state index contributed by atoms with van der Waals surface area (Å²) >= 11 is 23.9. The van der Waals surface area contributed by atoms with Crippen LogP contribution in [-0.2, 0) is 4.79 Å². The predicted molar refractivity (Wildman–Crippen MR) is 104 cm³/mol. The Morgan fingerprint density at radius 3 is 2.44 bits per heavy atom. The first-order valence-corrected chi connectivity index (χ1v) is 8.77. The number of imidazole rings is 1. The maximum atomic E-state index is 12.0. The summed E-state index contributed by atoms with van der Waals surface area (Å²) in [7, 11) is 0. The highest BCUT2D eigenvalue weighted by Gasteiger charge is 2.17. The first-order chi connectivity index (χ1) is 12.0. The molecule has 0 unspecified atom stereocenters. The van der Waals surface area contributed by atoms with Gasteiger partial charge in [0.15, 0.2) is 4.84 Å². The Labute approximate surface area is 164 Å². The number of nitrogens with one attached hydrogen (secondary N) is 2. The van der Waals surface area contributed by atoms with Crippen LogP contribution in [0.1, 0.15) is 0 Å². The molecule has 0 saturated heterocycles. The van der Waals surface area contributed by atoms with Crippen LogP contribution in [-0.4, -0.2) is 20.7 Å².